The van der Waals surface area contributed by atoms with Crippen LogP contribution in [0.2, 0.25) is 0 Å². The molecule has 0 radical (unpaired) electrons. The zero-order valence-electron chi connectivity index (χ0n) is 18.7. The van der Waals surface area contributed by atoms with Gasteiger partial charge in [-0.05, 0) is 72.6 Å². The highest BCUT2D eigenvalue weighted by atomic mass is 32.1. The fraction of sp³-hybridized carbons (Fsp3) is 0.0667. The van der Waals surface area contributed by atoms with E-state index < -0.39 is 0 Å². The van der Waals surface area contributed by atoms with Crippen LogP contribution in [0.25, 0.3) is 16.2 Å². The number of aryl methyl sites for hydroxylation is 1. The molecule has 0 spiro atoms. The SMILES string of the molecule is C=Cc1c(CC)sc2ccc(Nc3cccc(N(c4ccccc4)c4ccccc4)c3)cc12. The Morgan fingerprint density at radius 2 is 1.39 bits per heavy atom. The summed E-state index contributed by atoms with van der Waals surface area (Å²) in [4.78, 5) is 3.66. The molecule has 2 nitrogen and oxygen atoms in total. The number of nitrogens with zero attached hydrogens (tertiary/aromatic N) is 1. The smallest absolute Gasteiger partial charge is 0.0482 e. The third-order valence-electron chi connectivity index (χ3n) is 5.75. The summed E-state index contributed by atoms with van der Waals surface area (Å²) in [6.07, 6.45) is 3.01. The van der Waals surface area contributed by atoms with E-state index in [0.29, 0.717) is 0 Å². The molecule has 3 heteroatoms. The minimum absolute atomic E-state index is 1.03. The lowest BCUT2D eigenvalue weighted by atomic mass is 10.1. The number of nitrogens with one attached hydrogen (secondary N) is 1. The van der Waals surface area contributed by atoms with E-state index >= 15 is 0 Å². The average molecular weight is 447 g/mol. The van der Waals surface area contributed by atoms with Crippen LogP contribution in [0.15, 0.2) is 110 Å². The highest BCUT2D eigenvalue weighted by Gasteiger charge is 2.13. The molecule has 0 aliphatic carbocycles. The second kappa shape index (κ2) is 9.35. The van der Waals surface area contributed by atoms with Crippen molar-refractivity contribution >= 4 is 55.9 Å². The second-order valence-electron chi connectivity index (χ2n) is 7.89. The highest BCUT2D eigenvalue weighted by molar-refractivity contribution is 7.19. The Morgan fingerprint density at radius 3 is 2.03 bits per heavy atom. The normalized spacial score (nSPS) is 10.8. The standard InChI is InChI=1S/C30H26N2S/c1-3-27-28-21-23(18-19-30(28)33-29(27)4-2)31-22-12-11-17-26(20-22)32(24-13-7-5-8-14-24)25-15-9-6-10-16-25/h3,5-21,31H,1,4H2,2H3. The van der Waals surface area contributed by atoms with Crippen molar-refractivity contribution in [2.24, 2.45) is 0 Å². The summed E-state index contributed by atoms with van der Waals surface area (Å²) in [6, 6.07) is 36.1. The molecule has 0 atom stereocenters. The maximum absolute atomic E-state index is 4.04. The van der Waals surface area contributed by atoms with Gasteiger partial charge in [0.2, 0.25) is 0 Å². The fourth-order valence-electron chi connectivity index (χ4n) is 4.22. The Bertz CT molecular complexity index is 1350. The van der Waals surface area contributed by atoms with E-state index in [1.165, 1.54) is 20.5 Å². The zero-order valence-corrected chi connectivity index (χ0v) is 19.5. The molecule has 1 heterocycles. The molecule has 0 unspecified atom stereocenters. The zero-order chi connectivity index (χ0) is 22.6. The van der Waals surface area contributed by atoms with E-state index in [1.807, 2.05) is 29.5 Å². The van der Waals surface area contributed by atoms with E-state index in [4.69, 9.17) is 0 Å². The molecular formula is C30H26N2S. The maximum Gasteiger partial charge on any atom is 0.0482 e. The van der Waals surface area contributed by atoms with E-state index in [9.17, 15) is 0 Å². The van der Waals surface area contributed by atoms with Gasteiger partial charge >= 0.3 is 0 Å². The van der Waals surface area contributed by atoms with Crippen LogP contribution in [0.3, 0.4) is 0 Å². The predicted molar refractivity (Wildman–Crippen MR) is 146 cm³/mol. The number of hydrogen-bond acceptors (Lipinski definition) is 3. The van der Waals surface area contributed by atoms with Crippen molar-refractivity contribution in [3.05, 3.63) is 120 Å². The number of para-hydroxylation sites is 2. The Balaban J connectivity index is 1.52. The summed E-state index contributed by atoms with van der Waals surface area (Å²) in [7, 11) is 0. The Kier molecular flexibility index (Phi) is 5.97. The van der Waals surface area contributed by atoms with Gasteiger partial charge in [-0.15, -0.1) is 11.3 Å². The van der Waals surface area contributed by atoms with Gasteiger partial charge in [-0.2, -0.15) is 0 Å². The second-order valence-corrected chi connectivity index (χ2v) is 9.03. The molecule has 0 fully saturated rings. The molecule has 0 aliphatic rings. The van der Waals surface area contributed by atoms with Crippen molar-refractivity contribution in [1.82, 2.24) is 0 Å². The van der Waals surface area contributed by atoms with Crippen LogP contribution in [0.5, 0.6) is 0 Å². The van der Waals surface area contributed by atoms with E-state index in [0.717, 1.165) is 34.9 Å². The minimum Gasteiger partial charge on any atom is -0.355 e. The first kappa shape index (κ1) is 21.0. The molecule has 0 aliphatic heterocycles. The first-order valence-electron chi connectivity index (χ1n) is 11.2. The molecular weight excluding hydrogens is 420 g/mol. The van der Waals surface area contributed by atoms with E-state index in [2.05, 4.69) is 115 Å². The van der Waals surface area contributed by atoms with Gasteiger partial charge < -0.3 is 10.2 Å². The number of hydrogen-bond donors (Lipinski definition) is 1. The maximum atomic E-state index is 4.04. The molecule has 4 aromatic carbocycles. The predicted octanol–water partition coefficient (Wildman–Crippen LogP) is 9.32. The highest BCUT2D eigenvalue weighted by Crippen LogP contribution is 2.37. The van der Waals surface area contributed by atoms with Crippen LogP contribution in [0.4, 0.5) is 28.4 Å². The van der Waals surface area contributed by atoms with Crippen molar-refractivity contribution in [2.75, 3.05) is 10.2 Å². The minimum atomic E-state index is 1.03. The third-order valence-corrected chi connectivity index (χ3v) is 7.08. The summed E-state index contributed by atoms with van der Waals surface area (Å²) in [5.74, 6) is 0. The quantitative estimate of drug-likeness (QED) is 0.268. The monoisotopic (exact) mass is 446 g/mol. The number of thiophene rings is 1. The fourth-order valence-corrected chi connectivity index (χ4v) is 5.35. The molecule has 1 aromatic heterocycles. The lowest BCUT2D eigenvalue weighted by Gasteiger charge is -2.26. The van der Waals surface area contributed by atoms with Gasteiger partial charge in [0.15, 0.2) is 0 Å². The largest absolute Gasteiger partial charge is 0.355 e. The summed E-state index contributed by atoms with van der Waals surface area (Å²) in [5.41, 5.74) is 6.75. The summed E-state index contributed by atoms with van der Waals surface area (Å²) >= 11 is 1.86. The van der Waals surface area contributed by atoms with Gasteiger partial charge in [0, 0.05) is 43.4 Å². The van der Waals surface area contributed by atoms with Crippen molar-refractivity contribution < 1.29 is 0 Å². The lowest BCUT2D eigenvalue weighted by molar-refractivity contribution is 1.18. The van der Waals surface area contributed by atoms with Crippen LogP contribution in [0, 0.1) is 0 Å². The summed E-state index contributed by atoms with van der Waals surface area (Å²) < 4.78 is 1.31. The number of benzene rings is 4. The topological polar surface area (TPSA) is 15.3 Å². The van der Waals surface area contributed by atoms with Gasteiger partial charge in [0.25, 0.3) is 0 Å². The Labute approximate surface area is 199 Å². The van der Waals surface area contributed by atoms with E-state index in [-0.39, 0.29) is 0 Å². The molecule has 33 heavy (non-hydrogen) atoms. The van der Waals surface area contributed by atoms with Crippen LogP contribution in [-0.2, 0) is 6.42 Å². The van der Waals surface area contributed by atoms with Crippen molar-refractivity contribution in [2.45, 2.75) is 13.3 Å². The number of anilines is 5. The Morgan fingerprint density at radius 1 is 0.758 bits per heavy atom. The Hall–Kier alpha value is -3.82. The number of rotatable bonds is 7. The van der Waals surface area contributed by atoms with Crippen LogP contribution in [-0.4, -0.2) is 0 Å². The van der Waals surface area contributed by atoms with Crippen molar-refractivity contribution in [3.63, 3.8) is 0 Å². The van der Waals surface area contributed by atoms with Gasteiger partial charge in [0.1, 0.15) is 0 Å². The molecule has 1 N–H and O–H groups in total. The van der Waals surface area contributed by atoms with Crippen molar-refractivity contribution in [3.8, 4) is 0 Å². The van der Waals surface area contributed by atoms with Crippen LogP contribution < -0.4 is 10.2 Å². The van der Waals surface area contributed by atoms with Crippen molar-refractivity contribution in [1.29, 1.82) is 0 Å². The third kappa shape index (κ3) is 4.28. The lowest BCUT2D eigenvalue weighted by Crippen LogP contribution is -2.09. The molecule has 162 valence electrons. The van der Waals surface area contributed by atoms with Gasteiger partial charge in [-0.1, -0.05) is 62.0 Å². The van der Waals surface area contributed by atoms with Gasteiger partial charge in [0.05, 0.1) is 0 Å². The first-order valence-corrected chi connectivity index (χ1v) is 12.0. The molecule has 0 bridgehead atoms. The average Bonchev–Trinajstić information content (AvgIpc) is 3.23. The molecule has 5 aromatic rings. The molecule has 0 amide bonds. The van der Waals surface area contributed by atoms with Crippen LogP contribution in [0.1, 0.15) is 17.4 Å². The molecule has 5 rings (SSSR count). The number of fused-ring (bicyclic) bond motifs is 1. The van der Waals surface area contributed by atoms with E-state index in [1.54, 1.807) is 0 Å². The molecule has 0 saturated carbocycles. The van der Waals surface area contributed by atoms with Gasteiger partial charge in [-0.3, -0.25) is 0 Å². The summed E-state index contributed by atoms with van der Waals surface area (Å²) in [6.45, 7) is 6.25. The first-order chi connectivity index (χ1) is 16.3. The molecule has 0 saturated heterocycles. The summed E-state index contributed by atoms with van der Waals surface area (Å²) in [5, 5.41) is 4.88. The van der Waals surface area contributed by atoms with Gasteiger partial charge in [-0.25, -0.2) is 0 Å². The van der Waals surface area contributed by atoms with Crippen LogP contribution >= 0.6 is 11.3 Å².